The number of rotatable bonds is 4. The zero-order valence-corrected chi connectivity index (χ0v) is 10.9. The Morgan fingerprint density at radius 2 is 2.22 bits per heavy atom. The fourth-order valence-corrected chi connectivity index (χ4v) is 2.32. The maximum atomic E-state index is 12.4. The maximum absolute atomic E-state index is 12.4. The van der Waals surface area contributed by atoms with Gasteiger partial charge in [0, 0.05) is 19.1 Å². The van der Waals surface area contributed by atoms with Crippen LogP contribution in [0.1, 0.15) is 29.6 Å². The zero-order valence-electron chi connectivity index (χ0n) is 10.1. The van der Waals surface area contributed by atoms with E-state index in [0.717, 1.165) is 19.3 Å². The van der Waals surface area contributed by atoms with Crippen molar-refractivity contribution in [2.75, 3.05) is 13.1 Å². The Kier molecular flexibility index (Phi) is 4.09. The highest BCUT2D eigenvalue weighted by Gasteiger charge is 2.29. The molecule has 0 heterocycles. The maximum Gasteiger partial charge on any atom is 0.255 e. The molecule has 4 nitrogen and oxygen atoms in total. The fourth-order valence-electron chi connectivity index (χ4n) is 2.12. The monoisotopic (exact) mass is 268 g/mol. The molecule has 1 saturated carbocycles. The molecule has 1 amide bonds. The zero-order chi connectivity index (χ0) is 13.1. The molecular formula is C13H17ClN2O2. The average Bonchev–Trinajstić information content (AvgIpc) is 2.28. The highest BCUT2D eigenvalue weighted by atomic mass is 35.5. The van der Waals surface area contributed by atoms with E-state index in [1.807, 2.05) is 0 Å². The van der Waals surface area contributed by atoms with E-state index in [2.05, 4.69) is 0 Å². The van der Waals surface area contributed by atoms with E-state index >= 15 is 0 Å². The standard InChI is InChI=1S/C13H17ClN2O2/c14-12-5-4-10(17)8-11(12)13(18)16(7-6-15)9-2-1-3-9/h4-5,8-9,17H,1-3,6-7,15H2. The third kappa shape index (κ3) is 2.60. The van der Waals surface area contributed by atoms with Gasteiger partial charge in [0.2, 0.25) is 0 Å². The van der Waals surface area contributed by atoms with E-state index in [1.165, 1.54) is 18.2 Å². The number of halogens is 1. The van der Waals surface area contributed by atoms with Gasteiger partial charge in [-0.2, -0.15) is 0 Å². The van der Waals surface area contributed by atoms with Crippen LogP contribution in [0.3, 0.4) is 0 Å². The number of hydrogen-bond donors (Lipinski definition) is 2. The first kappa shape index (κ1) is 13.2. The number of aromatic hydroxyl groups is 1. The molecular weight excluding hydrogens is 252 g/mol. The average molecular weight is 269 g/mol. The predicted molar refractivity (Wildman–Crippen MR) is 70.8 cm³/mol. The Morgan fingerprint density at radius 3 is 2.78 bits per heavy atom. The van der Waals surface area contributed by atoms with Crippen molar-refractivity contribution >= 4 is 17.5 Å². The minimum Gasteiger partial charge on any atom is -0.508 e. The van der Waals surface area contributed by atoms with Crippen molar-refractivity contribution in [3.63, 3.8) is 0 Å². The van der Waals surface area contributed by atoms with Crippen LogP contribution in [0.15, 0.2) is 18.2 Å². The molecule has 0 aliphatic heterocycles. The van der Waals surface area contributed by atoms with Crippen molar-refractivity contribution in [2.24, 2.45) is 5.73 Å². The lowest BCUT2D eigenvalue weighted by Crippen LogP contribution is -2.46. The molecule has 1 aromatic rings. The fraction of sp³-hybridized carbons (Fsp3) is 0.462. The molecule has 0 saturated heterocycles. The van der Waals surface area contributed by atoms with Gasteiger partial charge in [-0.3, -0.25) is 4.79 Å². The van der Waals surface area contributed by atoms with Crippen molar-refractivity contribution in [2.45, 2.75) is 25.3 Å². The summed E-state index contributed by atoms with van der Waals surface area (Å²) in [5.74, 6) is -0.102. The van der Waals surface area contributed by atoms with Gasteiger partial charge in [0.15, 0.2) is 0 Å². The first-order valence-corrected chi connectivity index (χ1v) is 6.51. The molecule has 0 atom stereocenters. The second-order valence-electron chi connectivity index (χ2n) is 4.54. The summed E-state index contributed by atoms with van der Waals surface area (Å²) in [6, 6.07) is 4.67. The molecule has 18 heavy (non-hydrogen) atoms. The molecule has 98 valence electrons. The summed E-state index contributed by atoms with van der Waals surface area (Å²) in [5.41, 5.74) is 5.90. The van der Waals surface area contributed by atoms with E-state index in [4.69, 9.17) is 17.3 Å². The Morgan fingerprint density at radius 1 is 1.50 bits per heavy atom. The number of hydrogen-bond acceptors (Lipinski definition) is 3. The first-order chi connectivity index (χ1) is 8.63. The Labute approximate surface area is 111 Å². The van der Waals surface area contributed by atoms with E-state index in [9.17, 15) is 9.90 Å². The largest absolute Gasteiger partial charge is 0.508 e. The van der Waals surface area contributed by atoms with E-state index < -0.39 is 0 Å². The van der Waals surface area contributed by atoms with Crippen molar-refractivity contribution < 1.29 is 9.90 Å². The van der Waals surface area contributed by atoms with Gasteiger partial charge in [0.05, 0.1) is 10.6 Å². The first-order valence-electron chi connectivity index (χ1n) is 6.13. The number of amides is 1. The molecule has 0 unspecified atom stereocenters. The van der Waals surface area contributed by atoms with Gasteiger partial charge in [-0.05, 0) is 37.5 Å². The second-order valence-corrected chi connectivity index (χ2v) is 4.94. The molecule has 1 aromatic carbocycles. The molecule has 1 fully saturated rings. The molecule has 5 heteroatoms. The lowest BCUT2D eigenvalue weighted by molar-refractivity contribution is 0.0588. The van der Waals surface area contributed by atoms with Gasteiger partial charge in [-0.1, -0.05) is 11.6 Å². The van der Waals surface area contributed by atoms with Crippen molar-refractivity contribution in [1.82, 2.24) is 4.90 Å². The molecule has 1 aliphatic rings. The third-order valence-corrected chi connectivity index (χ3v) is 3.66. The highest BCUT2D eigenvalue weighted by Crippen LogP contribution is 2.28. The summed E-state index contributed by atoms with van der Waals surface area (Å²) in [6.45, 7) is 0.953. The Bertz CT molecular complexity index is 447. The molecule has 0 aromatic heterocycles. The number of carbonyl (C=O) groups is 1. The lowest BCUT2D eigenvalue weighted by atomic mass is 9.91. The highest BCUT2D eigenvalue weighted by molar-refractivity contribution is 6.33. The molecule has 2 rings (SSSR count). The SMILES string of the molecule is NCCN(C(=O)c1cc(O)ccc1Cl)C1CCC1. The molecule has 0 bridgehead atoms. The molecule has 0 spiro atoms. The van der Waals surface area contributed by atoms with Gasteiger partial charge in [-0.15, -0.1) is 0 Å². The predicted octanol–water partition coefficient (Wildman–Crippen LogP) is 2.00. The quantitative estimate of drug-likeness (QED) is 0.878. The van der Waals surface area contributed by atoms with E-state index in [-0.39, 0.29) is 17.7 Å². The summed E-state index contributed by atoms with van der Waals surface area (Å²) >= 11 is 6.01. The minimum absolute atomic E-state index is 0.0454. The van der Waals surface area contributed by atoms with Crippen LogP contribution in [0.5, 0.6) is 5.75 Å². The van der Waals surface area contributed by atoms with Crippen molar-refractivity contribution in [3.05, 3.63) is 28.8 Å². The normalized spacial score (nSPS) is 15.2. The minimum atomic E-state index is -0.147. The summed E-state index contributed by atoms with van der Waals surface area (Å²) in [4.78, 5) is 14.2. The van der Waals surface area contributed by atoms with E-state index in [1.54, 1.807) is 4.90 Å². The van der Waals surface area contributed by atoms with Crippen LogP contribution in [0.2, 0.25) is 5.02 Å². The summed E-state index contributed by atoms with van der Waals surface area (Å²) in [6.07, 6.45) is 3.18. The number of nitrogens with two attached hydrogens (primary N) is 1. The Balaban J connectivity index is 2.23. The van der Waals surface area contributed by atoms with Gasteiger partial charge >= 0.3 is 0 Å². The van der Waals surface area contributed by atoms with Crippen molar-refractivity contribution in [1.29, 1.82) is 0 Å². The van der Waals surface area contributed by atoms with Gasteiger partial charge in [-0.25, -0.2) is 0 Å². The van der Waals surface area contributed by atoms with Crippen LogP contribution in [-0.4, -0.2) is 35.0 Å². The van der Waals surface area contributed by atoms with Crippen LogP contribution in [0.25, 0.3) is 0 Å². The van der Waals surface area contributed by atoms with Gasteiger partial charge < -0.3 is 15.7 Å². The summed E-state index contributed by atoms with van der Waals surface area (Å²) in [5, 5.41) is 9.81. The van der Waals surface area contributed by atoms with Crippen molar-refractivity contribution in [3.8, 4) is 5.75 Å². The number of nitrogens with zero attached hydrogens (tertiary/aromatic N) is 1. The summed E-state index contributed by atoms with van der Waals surface area (Å²) in [7, 11) is 0. The van der Waals surface area contributed by atoms with Crippen LogP contribution in [0.4, 0.5) is 0 Å². The van der Waals surface area contributed by atoms with E-state index in [0.29, 0.717) is 23.7 Å². The molecule has 3 N–H and O–H groups in total. The lowest BCUT2D eigenvalue weighted by Gasteiger charge is -2.37. The van der Waals surface area contributed by atoms with Crippen LogP contribution >= 0.6 is 11.6 Å². The smallest absolute Gasteiger partial charge is 0.255 e. The number of phenolic OH excluding ortho intramolecular Hbond substituents is 1. The van der Waals surface area contributed by atoms with Gasteiger partial charge in [0.25, 0.3) is 5.91 Å². The van der Waals surface area contributed by atoms with Crippen LogP contribution < -0.4 is 5.73 Å². The number of phenols is 1. The van der Waals surface area contributed by atoms with Crippen LogP contribution in [-0.2, 0) is 0 Å². The van der Waals surface area contributed by atoms with Gasteiger partial charge in [0.1, 0.15) is 5.75 Å². The van der Waals surface area contributed by atoms with Crippen LogP contribution in [0, 0.1) is 0 Å². The molecule has 0 radical (unpaired) electrons. The molecule has 1 aliphatic carbocycles. The topological polar surface area (TPSA) is 66.6 Å². The third-order valence-electron chi connectivity index (χ3n) is 3.33. The number of benzene rings is 1. The second kappa shape index (κ2) is 5.59. The Hall–Kier alpha value is -1.26. The number of carbonyl (C=O) groups excluding carboxylic acids is 1. The summed E-state index contributed by atoms with van der Waals surface area (Å²) < 4.78 is 0.